The maximum atomic E-state index is 3.63. The SMILES string of the molecule is Cc1ccccc1CN[C@@H]1CCN(C)C1. The fourth-order valence-corrected chi connectivity index (χ4v) is 2.16. The number of rotatable bonds is 3. The molecule has 15 heavy (non-hydrogen) atoms. The largest absolute Gasteiger partial charge is 0.309 e. The molecule has 0 aliphatic carbocycles. The molecule has 2 rings (SSSR count). The van der Waals surface area contributed by atoms with Gasteiger partial charge in [0, 0.05) is 19.1 Å². The number of hydrogen-bond donors (Lipinski definition) is 1. The Kier molecular flexibility index (Phi) is 3.39. The molecule has 0 bridgehead atoms. The lowest BCUT2D eigenvalue weighted by molar-refractivity contribution is 0.397. The van der Waals surface area contributed by atoms with Crippen LogP contribution in [0.5, 0.6) is 0 Å². The van der Waals surface area contributed by atoms with Gasteiger partial charge in [-0.1, -0.05) is 24.3 Å². The molecule has 0 aromatic heterocycles. The van der Waals surface area contributed by atoms with Crippen molar-refractivity contribution in [3.8, 4) is 0 Å². The smallest absolute Gasteiger partial charge is 0.0211 e. The highest BCUT2D eigenvalue weighted by Gasteiger charge is 2.18. The number of likely N-dealkylation sites (tertiary alicyclic amines) is 1. The average molecular weight is 204 g/mol. The third-order valence-corrected chi connectivity index (χ3v) is 3.23. The Bertz CT molecular complexity index is 322. The highest BCUT2D eigenvalue weighted by atomic mass is 15.2. The number of aryl methyl sites for hydroxylation is 1. The van der Waals surface area contributed by atoms with Gasteiger partial charge in [-0.05, 0) is 38.1 Å². The predicted octanol–water partition coefficient (Wildman–Crippen LogP) is 1.79. The maximum absolute atomic E-state index is 3.63. The highest BCUT2D eigenvalue weighted by molar-refractivity contribution is 5.25. The number of likely N-dealkylation sites (N-methyl/N-ethyl adjacent to an activating group) is 1. The zero-order valence-corrected chi connectivity index (χ0v) is 9.66. The summed E-state index contributed by atoms with van der Waals surface area (Å²) in [6.45, 7) is 5.60. The van der Waals surface area contributed by atoms with Crippen LogP contribution in [0.2, 0.25) is 0 Å². The molecule has 1 N–H and O–H groups in total. The van der Waals surface area contributed by atoms with E-state index in [1.54, 1.807) is 0 Å². The summed E-state index contributed by atoms with van der Waals surface area (Å²) >= 11 is 0. The van der Waals surface area contributed by atoms with Gasteiger partial charge < -0.3 is 10.2 Å². The minimum Gasteiger partial charge on any atom is -0.309 e. The van der Waals surface area contributed by atoms with E-state index in [0.717, 1.165) is 6.54 Å². The molecule has 0 saturated carbocycles. The van der Waals surface area contributed by atoms with Crippen LogP contribution in [-0.2, 0) is 6.54 Å². The van der Waals surface area contributed by atoms with Crippen LogP contribution in [0.25, 0.3) is 0 Å². The Balaban J connectivity index is 1.86. The predicted molar refractivity (Wildman–Crippen MR) is 63.9 cm³/mol. The first-order chi connectivity index (χ1) is 7.25. The van der Waals surface area contributed by atoms with Crippen molar-refractivity contribution >= 4 is 0 Å². The second kappa shape index (κ2) is 4.77. The molecule has 0 radical (unpaired) electrons. The highest BCUT2D eigenvalue weighted by Crippen LogP contribution is 2.10. The Morgan fingerprint density at radius 3 is 2.87 bits per heavy atom. The summed E-state index contributed by atoms with van der Waals surface area (Å²) in [4.78, 5) is 2.38. The second-order valence-electron chi connectivity index (χ2n) is 4.56. The van der Waals surface area contributed by atoms with E-state index in [2.05, 4.69) is 48.5 Å². The summed E-state index contributed by atoms with van der Waals surface area (Å²) in [5.74, 6) is 0. The van der Waals surface area contributed by atoms with Crippen LogP contribution < -0.4 is 5.32 Å². The van der Waals surface area contributed by atoms with Crippen molar-refractivity contribution < 1.29 is 0 Å². The van der Waals surface area contributed by atoms with Crippen LogP contribution in [0.1, 0.15) is 17.5 Å². The molecular weight excluding hydrogens is 184 g/mol. The Hall–Kier alpha value is -0.860. The fourth-order valence-electron chi connectivity index (χ4n) is 2.16. The third-order valence-electron chi connectivity index (χ3n) is 3.23. The van der Waals surface area contributed by atoms with E-state index in [0.29, 0.717) is 6.04 Å². The molecule has 1 aromatic carbocycles. The molecule has 1 saturated heterocycles. The van der Waals surface area contributed by atoms with E-state index in [-0.39, 0.29) is 0 Å². The summed E-state index contributed by atoms with van der Waals surface area (Å²) in [7, 11) is 2.19. The molecule has 2 heteroatoms. The van der Waals surface area contributed by atoms with Crippen LogP contribution in [0.4, 0.5) is 0 Å². The minimum absolute atomic E-state index is 0.676. The summed E-state index contributed by atoms with van der Waals surface area (Å²) in [5.41, 5.74) is 2.81. The normalized spacial score (nSPS) is 22.1. The van der Waals surface area contributed by atoms with Crippen LogP contribution in [-0.4, -0.2) is 31.1 Å². The molecule has 1 aliphatic rings. The third kappa shape index (κ3) is 2.80. The van der Waals surface area contributed by atoms with E-state index in [4.69, 9.17) is 0 Å². The molecule has 0 spiro atoms. The van der Waals surface area contributed by atoms with Gasteiger partial charge in [-0.3, -0.25) is 0 Å². The van der Waals surface area contributed by atoms with Gasteiger partial charge in [-0.15, -0.1) is 0 Å². The summed E-state index contributed by atoms with van der Waals surface area (Å²) in [5, 5.41) is 3.63. The zero-order chi connectivity index (χ0) is 10.7. The standard InChI is InChI=1S/C13H20N2/c1-11-5-3-4-6-12(11)9-14-13-7-8-15(2)10-13/h3-6,13-14H,7-10H2,1-2H3/t13-/m1/s1. The Morgan fingerprint density at radius 1 is 1.40 bits per heavy atom. The molecule has 1 heterocycles. The molecule has 1 aromatic rings. The molecule has 0 amide bonds. The van der Waals surface area contributed by atoms with Crippen LogP contribution in [0.3, 0.4) is 0 Å². The van der Waals surface area contributed by atoms with Crippen LogP contribution in [0.15, 0.2) is 24.3 Å². The second-order valence-corrected chi connectivity index (χ2v) is 4.56. The van der Waals surface area contributed by atoms with Gasteiger partial charge in [0.2, 0.25) is 0 Å². The van der Waals surface area contributed by atoms with Gasteiger partial charge >= 0.3 is 0 Å². The van der Waals surface area contributed by atoms with Crippen LogP contribution in [0, 0.1) is 6.92 Å². The maximum Gasteiger partial charge on any atom is 0.0211 e. The van der Waals surface area contributed by atoms with Gasteiger partial charge in [0.05, 0.1) is 0 Å². The number of nitrogens with one attached hydrogen (secondary N) is 1. The zero-order valence-electron chi connectivity index (χ0n) is 9.66. The molecular formula is C13H20N2. The number of hydrogen-bond acceptors (Lipinski definition) is 2. The van der Waals surface area contributed by atoms with Gasteiger partial charge in [0.15, 0.2) is 0 Å². The molecule has 82 valence electrons. The van der Waals surface area contributed by atoms with Crippen molar-refractivity contribution in [2.45, 2.75) is 25.9 Å². The van der Waals surface area contributed by atoms with Crippen molar-refractivity contribution in [2.75, 3.05) is 20.1 Å². The van der Waals surface area contributed by atoms with Crippen molar-refractivity contribution in [2.24, 2.45) is 0 Å². The number of benzene rings is 1. The summed E-state index contributed by atoms with van der Waals surface area (Å²) in [6, 6.07) is 9.28. The first-order valence-electron chi connectivity index (χ1n) is 5.72. The number of nitrogens with zero attached hydrogens (tertiary/aromatic N) is 1. The molecule has 1 fully saturated rings. The molecule has 1 atom stereocenters. The van der Waals surface area contributed by atoms with Gasteiger partial charge in [-0.2, -0.15) is 0 Å². The minimum atomic E-state index is 0.676. The summed E-state index contributed by atoms with van der Waals surface area (Å²) in [6.07, 6.45) is 1.28. The van der Waals surface area contributed by atoms with Crippen molar-refractivity contribution in [3.63, 3.8) is 0 Å². The molecule has 0 unspecified atom stereocenters. The van der Waals surface area contributed by atoms with Gasteiger partial charge in [0.1, 0.15) is 0 Å². The van der Waals surface area contributed by atoms with Crippen molar-refractivity contribution in [1.82, 2.24) is 10.2 Å². The Labute approximate surface area is 92.3 Å². The van der Waals surface area contributed by atoms with Crippen molar-refractivity contribution in [3.05, 3.63) is 35.4 Å². The van der Waals surface area contributed by atoms with E-state index >= 15 is 0 Å². The van der Waals surface area contributed by atoms with E-state index in [1.165, 1.54) is 30.6 Å². The van der Waals surface area contributed by atoms with Crippen molar-refractivity contribution in [1.29, 1.82) is 0 Å². The van der Waals surface area contributed by atoms with E-state index < -0.39 is 0 Å². The monoisotopic (exact) mass is 204 g/mol. The fraction of sp³-hybridized carbons (Fsp3) is 0.538. The lowest BCUT2D eigenvalue weighted by atomic mass is 10.1. The van der Waals surface area contributed by atoms with E-state index in [9.17, 15) is 0 Å². The van der Waals surface area contributed by atoms with Gasteiger partial charge in [-0.25, -0.2) is 0 Å². The first-order valence-corrected chi connectivity index (χ1v) is 5.72. The average Bonchev–Trinajstić information content (AvgIpc) is 2.63. The van der Waals surface area contributed by atoms with Gasteiger partial charge in [0.25, 0.3) is 0 Å². The lowest BCUT2D eigenvalue weighted by Gasteiger charge is -2.13. The molecule has 1 aliphatic heterocycles. The Morgan fingerprint density at radius 2 is 2.20 bits per heavy atom. The lowest BCUT2D eigenvalue weighted by Crippen LogP contribution is -2.31. The first kappa shape index (κ1) is 10.7. The quantitative estimate of drug-likeness (QED) is 0.807. The topological polar surface area (TPSA) is 15.3 Å². The van der Waals surface area contributed by atoms with Crippen LogP contribution >= 0.6 is 0 Å². The summed E-state index contributed by atoms with van der Waals surface area (Å²) < 4.78 is 0. The molecule has 2 nitrogen and oxygen atoms in total. The van der Waals surface area contributed by atoms with E-state index in [1.807, 2.05) is 0 Å².